The van der Waals surface area contributed by atoms with Gasteiger partial charge < -0.3 is 25.1 Å². The lowest BCUT2D eigenvalue weighted by molar-refractivity contribution is -0.127. The molecular weight excluding hydrogens is 443 g/mol. The van der Waals surface area contributed by atoms with Crippen LogP contribution in [0.15, 0.2) is 42.6 Å². The number of carbonyl (C=O) groups is 3. The van der Waals surface area contributed by atoms with Crippen LogP contribution in [0.3, 0.4) is 0 Å². The summed E-state index contributed by atoms with van der Waals surface area (Å²) in [5.41, 5.74) is 2.17. The largest absolute Gasteiger partial charge is 0.486 e. The number of nitrogens with one attached hydrogen (secondary N) is 3. The van der Waals surface area contributed by atoms with Gasteiger partial charge in [0, 0.05) is 41.8 Å². The van der Waals surface area contributed by atoms with E-state index in [1.807, 2.05) is 0 Å². The number of nitrogens with zero attached hydrogens (tertiary/aromatic N) is 1. The Hall–Kier alpha value is -4.08. The predicted molar refractivity (Wildman–Crippen MR) is 121 cm³/mol. The van der Waals surface area contributed by atoms with E-state index in [0.717, 1.165) is 21.4 Å². The fraction of sp³-hybridized carbons (Fsp3) is 0.292. The van der Waals surface area contributed by atoms with Crippen molar-refractivity contribution >= 4 is 34.4 Å². The van der Waals surface area contributed by atoms with Crippen LogP contribution in [0.4, 0.5) is 14.9 Å². The Balaban J connectivity index is 1.14. The predicted octanol–water partition coefficient (Wildman–Crippen LogP) is 2.96. The molecule has 9 nitrogen and oxygen atoms in total. The van der Waals surface area contributed by atoms with Gasteiger partial charge in [-0.25, -0.2) is 9.18 Å². The number of amides is 4. The summed E-state index contributed by atoms with van der Waals surface area (Å²) in [7, 11) is 0. The summed E-state index contributed by atoms with van der Waals surface area (Å²) in [4.78, 5) is 41.7. The third kappa shape index (κ3) is 4.39. The standard InChI is InChI=1S/C24H23FN4O5/c25-15-1-3-18-17(11-15)14(13-26-18)7-8-29-23(31)19(28-24(29)32)4-6-22(30)27-16-2-5-20-21(12-16)34-10-9-33-20/h1-3,5,11-13,19,26H,4,6-10H2,(H,27,30)(H,28,32)/t19-/m0/s1. The summed E-state index contributed by atoms with van der Waals surface area (Å²) in [5, 5.41) is 6.14. The average Bonchev–Trinajstić information content (AvgIpc) is 3.35. The molecule has 1 atom stereocenters. The molecule has 0 bridgehead atoms. The number of hydrogen-bond donors (Lipinski definition) is 3. The number of benzene rings is 2. The van der Waals surface area contributed by atoms with Crippen LogP contribution in [0, 0.1) is 5.82 Å². The molecule has 4 amide bonds. The van der Waals surface area contributed by atoms with Crippen LogP contribution in [-0.2, 0) is 16.0 Å². The second-order valence-corrected chi connectivity index (χ2v) is 8.19. The van der Waals surface area contributed by atoms with Gasteiger partial charge in [-0.2, -0.15) is 0 Å². The molecule has 0 saturated carbocycles. The van der Waals surface area contributed by atoms with Crippen LogP contribution >= 0.6 is 0 Å². The number of aromatic nitrogens is 1. The molecule has 3 aromatic rings. The highest BCUT2D eigenvalue weighted by molar-refractivity contribution is 6.04. The highest BCUT2D eigenvalue weighted by atomic mass is 19.1. The van der Waals surface area contributed by atoms with E-state index in [0.29, 0.717) is 36.8 Å². The molecule has 1 saturated heterocycles. The minimum atomic E-state index is -0.765. The first-order valence-corrected chi connectivity index (χ1v) is 11.0. The van der Waals surface area contributed by atoms with Crippen LogP contribution in [0.5, 0.6) is 11.5 Å². The van der Waals surface area contributed by atoms with Gasteiger partial charge in [-0.05, 0) is 48.7 Å². The molecule has 10 heteroatoms. The zero-order chi connectivity index (χ0) is 23.7. The monoisotopic (exact) mass is 466 g/mol. The summed E-state index contributed by atoms with van der Waals surface area (Å²) in [5.74, 6) is 0.191. The molecule has 5 rings (SSSR count). The lowest BCUT2D eigenvalue weighted by atomic mass is 10.1. The highest BCUT2D eigenvalue weighted by Gasteiger charge is 2.37. The summed E-state index contributed by atoms with van der Waals surface area (Å²) in [6.45, 7) is 1.09. The normalized spacial score (nSPS) is 17.2. The van der Waals surface area contributed by atoms with E-state index in [9.17, 15) is 18.8 Å². The number of halogens is 1. The van der Waals surface area contributed by atoms with E-state index in [-0.39, 0.29) is 37.0 Å². The smallest absolute Gasteiger partial charge is 0.324 e. The number of ether oxygens (including phenoxy) is 2. The maximum atomic E-state index is 13.6. The van der Waals surface area contributed by atoms with Crippen molar-refractivity contribution < 1.29 is 28.2 Å². The molecule has 0 spiro atoms. The first-order chi connectivity index (χ1) is 16.5. The molecule has 2 aliphatic rings. The quantitative estimate of drug-likeness (QED) is 0.464. The van der Waals surface area contributed by atoms with E-state index in [1.54, 1.807) is 30.5 Å². The summed E-state index contributed by atoms with van der Waals surface area (Å²) < 4.78 is 24.6. The van der Waals surface area contributed by atoms with Crippen molar-refractivity contribution in [3.8, 4) is 11.5 Å². The van der Waals surface area contributed by atoms with Gasteiger partial charge in [0.2, 0.25) is 5.91 Å². The van der Waals surface area contributed by atoms with Crippen molar-refractivity contribution in [3.05, 3.63) is 54.0 Å². The van der Waals surface area contributed by atoms with Crippen LogP contribution in [0.2, 0.25) is 0 Å². The average molecular weight is 466 g/mol. The van der Waals surface area contributed by atoms with Gasteiger partial charge in [-0.15, -0.1) is 0 Å². The first kappa shape index (κ1) is 21.7. The van der Waals surface area contributed by atoms with Crippen molar-refractivity contribution in [2.24, 2.45) is 0 Å². The Morgan fingerprint density at radius 3 is 2.79 bits per heavy atom. The number of rotatable bonds is 7. The minimum absolute atomic E-state index is 0.0562. The summed E-state index contributed by atoms with van der Waals surface area (Å²) in [6.07, 6.45) is 2.37. The summed E-state index contributed by atoms with van der Waals surface area (Å²) in [6, 6.07) is 8.32. The number of urea groups is 1. The highest BCUT2D eigenvalue weighted by Crippen LogP contribution is 2.32. The number of aromatic amines is 1. The zero-order valence-corrected chi connectivity index (χ0v) is 18.2. The molecule has 0 aliphatic carbocycles. The Morgan fingerprint density at radius 1 is 1.12 bits per heavy atom. The Kier molecular flexibility index (Phi) is 5.79. The van der Waals surface area contributed by atoms with Crippen molar-refractivity contribution in [2.75, 3.05) is 25.1 Å². The number of carbonyl (C=O) groups excluding carboxylic acids is 3. The van der Waals surface area contributed by atoms with Gasteiger partial charge >= 0.3 is 6.03 Å². The topological polar surface area (TPSA) is 113 Å². The number of imide groups is 1. The summed E-state index contributed by atoms with van der Waals surface area (Å²) >= 11 is 0. The molecule has 3 heterocycles. The molecular formula is C24H23FN4O5. The van der Waals surface area contributed by atoms with E-state index >= 15 is 0 Å². The van der Waals surface area contributed by atoms with Crippen LogP contribution in [0.1, 0.15) is 18.4 Å². The Morgan fingerprint density at radius 2 is 1.94 bits per heavy atom. The van der Waals surface area contributed by atoms with Crippen LogP contribution in [-0.4, -0.2) is 53.5 Å². The Labute approximate surface area is 194 Å². The first-order valence-electron chi connectivity index (χ1n) is 11.0. The SMILES string of the molecule is O=C(CC[C@@H]1NC(=O)N(CCc2c[nH]c3ccc(F)cc23)C1=O)Nc1ccc2c(c1)OCCO2. The molecule has 3 N–H and O–H groups in total. The van der Waals surface area contributed by atoms with Crippen molar-refractivity contribution in [1.82, 2.24) is 15.2 Å². The van der Waals surface area contributed by atoms with Crippen molar-refractivity contribution in [2.45, 2.75) is 25.3 Å². The van der Waals surface area contributed by atoms with Gasteiger partial charge in [0.25, 0.3) is 5.91 Å². The maximum Gasteiger partial charge on any atom is 0.324 e. The zero-order valence-electron chi connectivity index (χ0n) is 18.2. The van der Waals surface area contributed by atoms with Gasteiger partial charge in [-0.1, -0.05) is 0 Å². The number of H-pyrrole nitrogens is 1. The van der Waals surface area contributed by atoms with Gasteiger partial charge in [0.05, 0.1) is 0 Å². The number of fused-ring (bicyclic) bond motifs is 2. The molecule has 0 radical (unpaired) electrons. The third-order valence-corrected chi connectivity index (χ3v) is 5.93. The van der Waals surface area contributed by atoms with E-state index in [1.165, 1.54) is 12.1 Å². The van der Waals surface area contributed by atoms with E-state index in [4.69, 9.17) is 9.47 Å². The number of anilines is 1. The maximum absolute atomic E-state index is 13.6. The molecule has 176 valence electrons. The Bertz CT molecular complexity index is 1270. The second-order valence-electron chi connectivity index (χ2n) is 8.19. The van der Waals surface area contributed by atoms with Gasteiger partial charge in [0.15, 0.2) is 11.5 Å². The third-order valence-electron chi connectivity index (χ3n) is 5.93. The second kappa shape index (κ2) is 9.05. The molecule has 2 aromatic carbocycles. The minimum Gasteiger partial charge on any atom is -0.486 e. The lowest BCUT2D eigenvalue weighted by Gasteiger charge is -2.19. The molecule has 1 aromatic heterocycles. The van der Waals surface area contributed by atoms with Crippen molar-refractivity contribution in [1.29, 1.82) is 0 Å². The van der Waals surface area contributed by atoms with Crippen LogP contribution in [0.25, 0.3) is 10.9 Å². The van der Waals surface area contributed by atoms with Crippen LogP contribution < -0.4 is 20.1 Å². The molecule has 1 fully saturated rings. The fourth-order valence-corrected chi connectivity index (χ4v) is 4.19. The van der Waals surface area contributed by atoms with Crippen molar-refractivity contribution in [3.63, 3.8) is 0 Å². The lowest BCUT2D eigenvalue weighted by Crippen LogP contribution is -2.33. The fourth-order valence-electron chi connectivity index (χ4n) is 4.19. The number of hydrogen-bond acceptors (Lipinski definition) is 5. The van der Waals surface area contributed by atoms with E-state index < -0.39 is 12.1 Å². The molecule has 34 heavy (non-hydrogen) atoms. The molecule has 2 aliphatic heterocycles. The molecule has 0 unspecified atom stereocenters. The van der Waals surface area contributed by atoms with Gasteiger partial charge in [0.1, 0.15) is 25.1 Å². The van der Waals surface area contributed by atoms with E-state index in [2.05, 4.69) is 15.6 Å². The van der Waals surface area contributed by atoms with Gasteiger partial charge in [-0.3, -0.25) is 14.5 Å².